The van der Waals surface area contributed by atoms with E-state index in [1.165, 1.54) is 6.20 Å². The Labute approximate surface area is 115 Å². The average Bonchev–Trinajstić information content (AvgIpc) is 3.07. The van der Waals surface area contributed by atoms with E-state index in [0.29, 0.717) is 37.0 Å². The number of amides is 1. The van der Waals surface area contributed by atoms with Crippen LogP contribution in [-0.4, -0.2) is 48.0 Å². The molecule has 6 nitrogen and oxygen atoms in total. The van der Waals surface area contributed by atoms with Crippen LogP contribution in [0, 0.1) is 5.92 Å². The number of esters is 1. The van der Waals surface area contributed by atoms with Gasteiger partial charge in [0.05, 0.1) is 12.8 Å². The van der Waals surface area contributed by atoms with Gasteiger partial charge in [-0.2, -0.15) is 0 Å². The zero-order chi connectivity index (χ0) is 13.8. The van der Waals surface area contributed by atoms with Crippen LogP contribution in [0.5, 0.6) is 0 Å². The summed E-state index contributed by atoms with van der Waals surface area (Å²) in [6.45, 7) is 4.02. The van der Waals surface area contributed by atoms with Crippen LogP contribution in [0.25, 0.3) is 0 Å². The third kappa shape index (κ3) is 3.10. The van der Waals surface area contributed by atoms with Crippen molar-refractivity contribution in [3.8, 4) is 0 Å². The lowest BCUT2D eigenvalue weighted by molar-refractivity contribution is 0.0525. The van der Waals surface area contributed by atoms with Gasteiger partial charge in [-0.3, -0.25) is 4.79 Å². The van der Waals surface area contributed by atoms with E-state index in [4.69, 9.17) is 10.5 Å². The molecule has 1 aromatic heterocycles. The highest BCUT2D eigenvalue weighted by molar-refractivity contribution is 7.15. The first-order chi connectivity index (χ1) is 9.15. The van der Waals surface area contributed by atoms with Crippen molar-refractivity contribution < 1.29 is 14.3 Å². The largest absolute Gasteiger partial charge is 0.461 e. The van der Waals surface area contributed by atoms with E-state index in [-0.39, 0.29) is 10.9 Å². The fourth-order valence-corrected chi connectivity index (χ4v) is 2.80. The average molecular weight is 283 g/mol. The van der Waals surface area contributed by atoms with Crippen molar-refractivity contribution in [2.75, 3.05) is 26.2 Å². The lowest BCUT2D eigenvalue weighted by Gasteiger charge is -2.14. The molecule has 19 heavy (non-hydrogen) atoms. The van der Waals surface area contributed by atoms with Gasteiger partial charge in [0.15, 0.2) is 0 Å². The minimum absolute atomic E-state index is 0.0796. The predicted octanol–water partition coefficient (Wildman–Crippen LogP) is 0.741. The Morgan fingerprint density at radius 1 is 1.63 bits per heavy atom. The predicted molar refractivity (Wildman–Crippen MR) is 71.1 cm³/mol. The van der Waals surface area contributed by atoms with E-state index in [1.807, 2.05) is 0 Å². The third-order valence-corrected chi connectivity index (χ3v) is 4.04. The molecule has 1 aromatic rings. The normalized spacial score (nSPS) is 18.6. The molecule has 1 amide bonds. The Kier molecular flexibility index (Phi) is 4.49. The van der Waals surface area contributed by atoms with E-state index in [0.717, 1.165) is 17.8 Å². The molecule has 2 rings (SSSR count). The van der Waals surface area contributed by atoms with Gasteiger partial charge in [-0.1, -0.05) is 0 Å². The quantitative estimate of drug-likeness (QED) is 0.824. The standard InChI is InChI=1S/C12H17N3O3S/c1-2-18-12(17)10-14-6-9(19-10)11(16)15-4-3-8(5-13)7-15/h6,8H,2-5,7,13H2,1H3. The molecule has 0 bridgehead atoms. The van der Waals surface area contributed by atoms with Crippen LogP contribution in [0.15, 0.2) is 6.20 Å². The summed E-state index contributed by atoms with van der Waals surface area (Å²) in [5.41, 5.74) is 5.60. The van der Waals surface area contributed by atoms with Gasteiger partial charge >= 0.3 is 5.97 Å². The summed E-state index contributed by atoms with van der Waals surface area (Å²) in [6, 6.07) is 0. The third-order valence-electron chi connectivity index (χ3n) is 3.07. The Morgan fingerprint density at radius 3 is 3.05 bits per heavy atom. The first-order valence-electron chi connectivity index (χ1n) is 6.28. The Bertz CT molecular complexity index is 475. The lowest BCUT2D eigenvalue weighted by atomic mass is 10.1. The van der Waals surface area contributed by atoms with Crippen molar-refractivity contribution in [3.63, 3.8) is 0 Å². The van der Waals surface area contributed by atoms with Crippen LogP contribution in [0.1, 0.15) is 32.8 Å². The fourth-order valence-electron chi connectivity index (χ4n) is 2.03. The molecule has 2 N–H and O–H groups in total. The number of hydrogen-bond donors (Lipinski definition) is 1. The number of thiazole rings is 1. The van der Waals surface area contributed by atoms with E-state index in [1.54, 1.807) is 11.8 Å². The van der Waals surface area contributed by atoms with Crippen molar-refractivity contribution >= 4 is 23.2 Å². The maximum absolute atomic E-state index is 12.2. The number of hydrogen-bond acceptors (Lipinski definition) is 6. The van der Waals surface area contributed by atoms with Gasteiger partial charge in [0.1, 0.15) is 4.88 Å². The molecule has 1 atom stereocenters. The van der Waals surface area contributed by atoms with Crippen LogP contribution >= 0.6 is 11.3 Å². The van der Waals surface area contributed by atoms with Crippen molar-refractivity contribution in [1.29, 1.82) is 0 Å². The maximum Gasteiger partial charge on any atom is 0.367 e. The Morgan fingerprint density at radius 2 is 2.42 bits per heavy atom. The highest BCUT2D eigenvalue weighted by Crippen LogP contribution is 2.21. The molecule has 0 spiro atoms. The van der Waals surface area contributed by atoms with Crippen LogP contribution < -0.4 is 5.73 Å². The number of carbonyl (C=O) groups excluding carboxylic acids is 2. The van der Waals surface area contributed by atoms with E-state index in [9.17, 15) is 9.59 Å². The molecule has 1 aliphatic rings. The summed E-state index contributed by atoms with van der Waals surface area (Å²) in [7, 11) is 0. The monoisotopic (exact) mass is 283 g/mol. The van der Waals surface area contributed by atoms with Gasteiger partial charge < -0.3 is 15.4 Å². The van der Waals surface area contributed by atoms with Gasteiger partial charge in [-0.25, -0.2) is 9.78 Å². The van der Waals surface area contributed by atoms with E-state index < -0.39 is 5.97 Å². The fraction of sp³-hybridized carbons (Fsp3) is 0.583. The van der Waals surface area contributed by atoms with Gasteiger partial charge in [0.25, 0.3) is 5.91 Å². The van der Waals surface area contributed by atoms with Crippen molar-refractivity contribution in [2.45, 2.75) is 13.3 Å². The van der Waals surface area contributed by atoms with Crippen LogP contribution in [0.4, 0.5) is 0 Å². The summed E-state index contributed by atoms with van der Waals surface area (Å²) in [5, 5.41) is 0.222. The summed E-state index contributed by atoms with van der Waals surface area (Å²) in [4.78, 5) is 29.9. The SMILES string of the molecule is CCOC(=O)c1ncc(C(=O)N2CCC(CN)C2)s1. The van der Waals surface area contributed by atoms with Crippen LogP contribution in [0.3, 0.4) is 0 Å². The molecular formula is C12H17N3O3S. The molecule has 1 saturated heterocycles. The lowest BCUT2D eigenvalue weighted by Crippen LogP contribution is -2.29. The minimum atomic E-state index is -0.479. The molecular weight excluding hydrogens is 266 g/mol. The second-order valence-corrected chi connectivity index (χ2v) is 5.42. The summed E-state index contributed by atoms with van der Waals surface area (Å²) < 4.78 is 4.85. The molecule has 104 valence electrons. The van der Waals surface area contributed by atoms with Gasteiger partial charge in [0, 0.05) is 13.1 Å². The minimum Gasteiger partial charge on any atom is -0.461 e. The molecule has 1 aliphatic heterocycles. The number of nitrogens with two attached hydrogens (primary N) is 1. The molecule has 2 heterocycles. The van der Waals surface area contributed by atoms with Crippen LogP contribution in [-0.2, 0) is 4.74 Å². The molecule has 0 radical (unpaired) electrons. The number of nitrogens with zero attached hydrogens (tertiary/aromatic N) is 2. The topological polar surface area (TPSA) is 85.5 Å². The van der Waals surface area contributed by atoms with Gasteiger partial charge in [-0.05, 0) is 25.8 Å². The molecule has 1 fully saturated rings. The summed E-state index contributed by atoms with van der Waals surface area (Å²) in [5.74, 6) is -0.182. The highest BCUT2D eigenvalue weighted by atomic mass is 32.1. The molecule has 7 heteroatoms. The van der Waals surface area contributed by atoms with Crippen molar-refractivity contribution in [3.05, 3.63) is 16.1 Å². The van der Waals surface area contributed by atoms with Crippen molar-refractivity contribution in [1.82, 2.24) is 9.88 Å². The highest BCUT2D eigenvalue weighted by Gasteiger charge is 2.27. The van der Waals surface area contributed by atoms with E-state index >= 15 is 0 Å². The second-order valence-electron chi connectivity index (χ2n) is 4.39. The van der Waals surface area contributed by atoms with Crippen molar-refractivity contribution in [2.24, 2.45) is 11.7 Å². The van der Waals surface area contributed by atoms with Crippen LogP contribution in [0.2, 0.25) is 0 Å². The Hall–Kier alpha value is -1.47. The van der Waals surface area contributed by atoms with E-state index in [2.05, 4.69) is 4.98 Å². The molecule has 0 saturated carbocycles. The van der Waals surface area contributed by atoms with Gasteiger partial charge in [0.2, 0.25) is 5.01 Å². The number of carbonyl (C=O) groups is 2. The second kappa shape index (κ2) is 6.12. The molecule has 0 aliphatic carbocycles. The first-order valence-corrected chi connectivity index (χ1v) is 7.09. The smallest absolute Gasteiger partial charge is 0.367 e. The molecule has 0 aromatic carbocycles. The maximum atomic E-state index is 12.2. The molecule has 1 unspecified atom stereocenters. The summed E-state index contributed by atoms with van der Waals surface area (Å²) >= 11 is 1.08. The van der Waals surface area contributed by atoms with Gasteiger partial charge in [-0.15, -0.1) is 11.3 Å². The number of rotatable bonds is 4. The number of ether oxygens (including phenoxy) is 1. The summed E-state index contributed by atoms with van der Waals surface area (Å²) in [6.07, 6.45) is 2.38. The zero-order valence-corrected chi connectivity index (χ0v) is 11.6. The zero-order valence-electron chi connectivity index (χ0n) is 10.8. The number of likely N-dealkylation sites (tertiary alicyclic amines) is 1. The number of aromatic nitrogens is 1. The Balaban J connectivity index is 2.02. The first kappa shape index (κ1) is 14.0.